The van der Waals surface area contributed by atoms with E-state index in [1.54, 1.807) is 12.3 Å². The van der Waals surface area contributed by atoms with Crippen LogP contribution in [0.25, 0.3) is 0 Å². The number of carbonyl (C=O) groups excluding carboxylic acids is 1. The molecule has 2 aromatic rings. The number of carbonyl (C=O) groups is 1. The smallest absolute Gasteiger partial charge is 0.230 e. The number of rotatable bonds is 5. The molecular formula is C17H24Cl2N4O. The zero-order valence-electron chi connectivity index (χ0n) is 14.0. The van der Waals surface area contributed by atoms with Crippen molar-refractivity contribution < 1.29 is 4.79 Å². The van der Waals surface area contributed by atoms with Crippen molar-refractivity contribution in [2.75, 3.05) is 24.3 Å². The zero-order valence-corrected chi connectivity index (χ0v) is 15.6. The maximum absolute atomic E-state index is 12.3. The van der Waals surface area contributed by atoms with E-state index >= 15 is 0 Å². The molecular weight excluding hydrogens is 347 g/mol. The van der Waals surface area contributed by atoms with Gasteiger partial charge in [-0.1, -0.05) is 37.3 Å². The van der Waals surface area contributed by atoms with Crippen LogP contribution in [0.1, 0.15) is 18.5 Å². The van der Waals surface area contributed by atoms with Crippen molar-refractivity contribution in [3.8, 4) is 0 Å². The first-order chi connectivity index (χ1) is 10.5. The van der Waals surface area contributed by atoms with Crippen LogP contribution in [0.4, 0.5) is 11.5 Å². The third-order valence-corrected chi connectivity index (χ3v) is 3.65. The highest BCUT2D eigenvalue weighted by atomic mass is 35.5. The molecule has 5 nitrogen and oxygen atoms in total. The molecule has 7 heteroatoms. The fourth-order valence-electron chi connectivity index (χ4n) is 2.09. The molecule has 1 aromatic heterocycles. The van der Waals surface area contributed by atoms with Gasteiger partial charge in [-0.3, -0.25) is 4.79 Å². The molecule has 0 fully saturated rings. The van der Waals surface area contributed by atoms with E-state index < -0.39 is 0 Å². The molecule has 0 saturated heterocycles. The Morgan fingerprint density at radius 1 is 1.12 bits per heavy atom. The molecule has 0 saturated carbocycles. The van der Waals surface area contributed by atoms with E-state index in [-0.39, 0.29) is 42.7 Å². The Hall–Kier alpha value is -1.82. The molecule has 24 heavy (non-hydrogen) atoms. The number of aromatic nitrogens is 1. The van der Waals surface area contributed by atoms with Gasteiger partial charge in [0, 0.05) is 20.1 Å². The van der Waals surface area contributed by atoms with Gasteiger partial charge in [0.2, 0.25) is 5.91 Å². The van der Waals surface area contributed by atoms with Crippen LogP contribution in [0.5, 0.6) is 0 Å². The zero-order chi connectivity index (χ0) is 16.1. The van der Waals surface area contributed by atoms with E-state index in [2.05, 4.69) is 10.3 Å². The summed E-state index contributed by atoms with van der Waals surface area (Å²) in [6.07, 6.45) is 1.72. The number of halogens is 2. The number of anilines is 2. The number of nitrogens with two attached hydrogens (primary N) is 1. The van der Waals surface area contributed by atoms with Crippen LogP contribution in [0.3, 0.4) is 0 Å². The van der Waals surface area contributed by atoms with Crippen molar-refractivity contribution in [2.45, 2.75) is 13.0 Å². The Labute approximate surface area is 155 Å². The molecule has 3 N–H and O–H groups in total. The average Bonchev–Trinajstić information content (AvgIpc) is 2.54. The summed E-state index contributed by atoms with van der Waals surface area (Å²) >= 11 is 0. The first-order valence-electron chi connectivity index (χ1n) is 7.24. The molecule has 2 atom stereocenters. The Morgan fingerprint density at radius 3 is 2.25 bits per heavy atom. The molecule has 0 aliphatic heterocycles. The highest BCUT2D eigenvalue weighted by Gasteiger charge is 2.22. The first-order valence-corrected chi connectivity index (χ1v) is 7.24. The lowest BCUT2D eigenvalue weighted by Crippen LogP contribution is -2.30. The lowest BCUT2D eigenvalue weighted by atomic mass is 9.95. The third kappa shape index (κ3) is 5.67. The Morgan fingerprint density at radius 2 is 1.75 bits per heavy atom. The summed E-state index contributed by atoms with van der Waals surface area (Å²) in [6, 6.07) is 13.0. The maximum Gasteiger partial charge on any atom is 0.230 e. The second kappa shape index (κ2) is 10.1. The van der Waals surface area contributed by atoms with E-state index in [0.29, 0.717) is 5.82 Å². The van der Waals surface area contributed by atoms with Gasteiger partial charge in [-0.05, 0) is 17.7 Å². The van der Waals surface area contributed by atoms with Gasteiger partial charge in [0.15, 0.2) is 0 Å². The number of amides is 1. The van der Waals surface area contributed by atoms with Crippen molar-refractivity contribution in [3.63, 3.8) is 0 Å². The van der Waals surface area contributed by atoms with Gasteiger partial charge >= 0.3 is 0 Å². The first kappa shape index (κ1) is 22.2. The van der Waals surface area contributed by atoms with E-state index in [0.717, 1.165) is 11.3 Å². The van der Waals surface area contributed by atoms with Crippen molar-refractivity contribution in [3.05, 3.63) is 54.2 Å². The molecule has 1 aromatic carbocycles. The van der Waals surface area contributed by atoms with Crippen LogP contribution in [-0.2, 0) is 4.79 Å². The number of pyridine rings is 1. The Balaban J connectivity index is 0.00000264. The SMILES string of the molecule is CC(C(=O)Nc1ccc(N(C)C)cn1)C(N)c1ccccc1.Cl.Cl. The summed E-state index contributed by atoms with van der Waals surface area (Å²) in [5.41, 5.74) is 8.09. The molecule has 1 amide bonds. The number of benzene rings is 1. The minimum Gasteiger partial charge on any atom is -0.376 e. The standard InChI is InChI=1S/C17H22N4O.2ClH/c1-12(16(18)13-7-5-4-6-8-13)17(22)20-15-10-9-14(11-19-15)21(2)3;;/h4-12,16H,18H2,1-3H3,(H,19,20,22);2*1H. The summed E-state index contributed by atoms with van der Waals surface area (Å²) in [5, 5.41) is 2.81. The van der Waals surface area contributed by atoms with Gasteiger partial charge in [0.25, 0.3) is 0 Å². The van der Waals surface area contributed by atoms with Crippen LogP contribution in [0.2, 0.25) is 0 Å². The Bertz CT molecular complexity index is 620. The number of hydrogen-bond acceptors (Lipinski definition) is 4. The molecule has 2 rings (SSSR count). The molecule has 132 valence electrons. The maximum atomic E-state index is 12.3. The fourth-order valence-corrected chi connectivity index (χ4v) is 2.09. The van der Waals surface area contributed by atoms with Crippen LogP contribution in [0, 0.1) is 5.92 Å². The second-order valence-corrected chi connectivity index (χ2v) is 5.51. The summed E-state index contributed by atoms with van der Waals surface area (Å²) in [6.45, 7) is 1.82. The molecule has 0 aliphatic rings. The quantitative estimate of drug-likeness (QED) is 0.846. The molecule has 0 bridgehead atoms. The van der Waals surface area contributed by atoms with Gasteiger partial charge < -0.3 is 16.0 Å². The molecule has 0 radical (unpaired) electrons. The van der Waals surface area contributed by atoms with Gasteiger partial charge in [-0.15, -0.1) is 24.8 Å². The van der Waals surface area contributed by atoms with Crippen molar-refractivity contribution in [1.29, 1.82) is 0 Å². The van der Waals surface area contributed by atoms with Gasteiger partial charge in [0.05, 0.1) is 17.8 Å². The highest BCUT2D eigenvalue weighted by Crippen LogP contribution is 2.20. The van der Waals surface area contributed by atoms with Crippen molar-refractivity contribution in [1.82, 2.24) is 4.98 Å². The van der Waals surface area contributed by atoms with Gasteiger partial charge in [-0.25, -0.2) is 4.98 Å². The molecule has 0 spiro atoms. The largest absolute Gasteiger partial charge is 0.376 e. The van der Waals surface area contributed by atoms with Crippen LogP contribution in [-0.4, -0.2) is 25.0 Å². The lowest BCUT2D eigenvalue weighted by Gasteiger charge is -2.19. The van der Waals surface area contributed by atoms with E-state index in [9.17, 15) is 4.79 Å². The summed E-state index contributed by atoms with van der Waals surface area (Å²) in [4.78, 5) is 18.5. The highest BCUT2D eigenvalue weighted by molar-refractivity contribution is 5.92. The van der Waals surface area contributed by atoms with E-state index in [1.807, 2.05) is 62.3 Å². The minimum atomic E-state index is -0.349. The number of nitrogens with zero attached hydrogens (tertiary/aromatic N) is 2. The predicted molar refractivity (Wildman–Crippen MR) is 104 cm³/mol. The van der Waals surface area contributed by atoms with Gasteiger partial charge in [0.1, 0.15) is 5.82 Å². The monoisotopic (exact) mass is 370 g/mol. The Kier molecular flexibility index (Phi) is 9.36. The summed E-state index contributed by atoms with van der Waals surface area (Å²) in [7, 11) is 3.88. The normalized spacial score (nSPS) is 12.2. The summed E-state index contributed by atoms with van der Waals surface area (Å²) in [5.74, 6) is 0.0434. The van der Waals surface area contributed by atoms with Crippen molar-refractivity contribution in [2.24, 2.45) is 11.7 Å². The second-order valence-electron chi connectivity index (χ2n) is 5.51. The van der Waals surface area contributed by atoms with E-state index in [1.165, 1.54) is 0 Å². The number of hydrogen-bond donors (Lipinski definition) is 2. The average molecular weight is 371 g/mol. The minimum absolute atomic E-state index is 0. The molecule has 2 unspecified atom stereocenters. The fraction of sp³-hybridized carbons (Fsp3) is 0.294. The van der Waals surface area contributed by atoms with Crippen molar-refractivity contribution >= 4 is 42.2 Å². The van der Waals surface area contributed by atoms with Crippen LogP contribution in [0.15, 0.2) is 48.7 Å². The number of nitrogens with one attached hydrogen (secondary N) is 1. The van der Waals surface area contributed by atoms with E-state index in [4.69, 9.17) is 5.73 Å². The third-order valence-electron chi connectivity index (χ3n) is 3.65. The lowest BCUT2D eigenvalue weighted by molar-refractivity contribution is -0.120. The van der Waals surface area contributed by atoms with Crippen LogP contribution >= 0.6 is 24.8 Å². The molecule has 0 aliphatic carbocycles. The predicted octanol–water partition coefficient (Wildman–Crippen LogP) is 3.27. The topological polar surface area (TPSA) is 71.2 Å². The van der Waals surface area contributed by atoms with Gasteiger partial charge in [-0.2, -0.15) is 0 Å². The van der Waals surface area contributed by atoms with Crippen LogP contribution < -0.4 is 16.0 Å². The molecule has 1 heterocycles. The summed E-state index contributed by atoms with van der Waals surface area (Å²) < 4.78 is 0.